The molecule has 3 heteroatoms. The first-order valence-electron chi connectivity index (χ1n) is 6.89. The summed E-state index contributed by atoms with van der Waals surface area (Å²) in [5.41, 5.74) is 2.48. The van der Waals surface area contributed by atoms with Crippen molar-refractivity contribution in [3.8, 4) is 5.75 Å². The van der Waals surface area contributed by atoms with Crippen LogP contribution in [0.15, 0.2) is 18.2 Å². The highest BCUT2D eigenvalue weighted by atomic mass is 16.5. The van der Waals surface area contributed by atoms with Crippen LogP contribution in [0, 0.1) is 13.8 Å². The SMILES string of the molecule is Cc1ccc(C)c(OCCN2CCCNCC2)c1. The molecule has 3 nitrogen and oxygen atoms in total. The van der Waals surface area contributed by atoms with Gasteiger partial charge in [0.05, 0.1) is 0 Å². The molecule has 1 aromatic rings. The van der Waals surface area contributed by atoms with Crippen molar-refractivity contribution in [2.24, 2.45) is 0 Å². The van der Waals surface area contributed by atoms with E-state index in [4.69, 9.17) is 4.74 Å². The van der Waals surface area contributed by atoms with E-state index in [0.29, 0.717) is 0 Å². The number of ether oxygens (including phenoxy) is 1. The van der Waals surface area contributed by atoms with E-state index < -0.39 is 0 Å². The van der Waals surface area contributed by atoms with Gasteiger partial charge in [0.2, 0.25) is 0 Å². The lowest BCUT2D eigenvalue weighted by Gasteiger charge is -2.19. The summed E-state index contributed by atoms with van der Waals surface area (Å²) in [4.78, 5) is 2.48. The summed E-state index contributed by atoms with van der Waals surface area (Å²) in [6, 6.07) is 6.38. The molecule has 1 saturated heterocycles. The van der Waals surface area contributed by atoms with Gasteiger partial charge in [0.15, 0.2) is 0 Å². The standard InChI is InChI=1S/C15H24N2O/c1-13-4-5-14(2)15(12-13)18-11-10-17-8-3-6-16-7-9-17/h4-5,12,16H,3,6-11H2,1-2H3. The summed E-state index contributed by atoms with van der Waals surface area (Å²) >= 11 is 0. The van der Waals surface area contributed by atoms with Gasteiger partial charge in [-0.05, 0) is 50.6 Å². The van der Waals surface area contributed by atoms with E-state index >= 15 is 0 Å². The fourth-order valence-corrected chi connectivity index (χ4v) is 2.27. The van der Waals surface area contributed by atoms with Crippen LogP contribution in [0.25, 0.3) is 0 Å². The van der Waals surface area contributed by atoms with Crippen molar-refractivity contribution in [2.75, 3.05) is 39.3 Å². The molecule has 100 valence electrons. The Balaban J connectivity index is 1.78. The van der Waals surface area contributed by atoms with E-state index in [2.05, 4.69) is 42.3 Å². The number of rotatable bonds is 4. The molecular weight excluding hydrogens is 224 g/mol. The van der Waals surface area contributed by atoms with Crippen LogP contribution in [0.3, 0.4) is 0 Å². The first-order valence-corrected chi connectivity index (χ1v) is 6.89. The second-order valence-electron chi connectivity index (χ2n) is 5.06. The molecule has 1 aromatic carbocycles. The van der Waals surface area contributed by atoms with Crippen LogP contribution in [0.4, 0.5) is 0 Å². The smallest absolute Gasteiger partial charge is 0.122 e. The van der Waals surface area contributed by atoms with Gasteiger partial charge in [-0.1, -0.05) is 12.1 Å². The molecule has 1 aliphatic rings. The molecule has 0 saturated carbocycles. The van der Waals surface area contributed by atoms with Crippen LogP contribution in [0.2, 0.25) is 0 Å². The zero-order valence-corrected chi connectivity index (χ0v) is 11.5. The topological polar surface area (TPSA) is 24.5 Å². The number of hydrogen-bond acceptors (Lipinski definition) is 3. The van der Waals surface area contributed by atoms with Gasteiger partial charge in [0.25, 0.3) is 0 Å². The Labute approximate surface area is 110 Å². The minimum Gasteiger partial charge on any atom is -0.492 e. The molecular formula is C15H24N2O. The number of aryl methyl sites for hydroxylation is 2. The highest BCUT2D eigenvalue weighted by Crippen LogP contribution is 2.18. The van der Waals surface area contributed by atoms with Crippen LogP contribution in [-0.2, 0) is 0 Å². The Bertz CT molecular complexity index is 371. The predicted molar refractivity (Wildman–Crippen MR) is 75.3 cm³/mol. The molecule has 0 spiro atoms. The fourth-order valence-electron chi connectivity index (χ4n) is 2.27. The van der Waals surface area contributed by atoms with E-state index in [1.807, 2.05) is 0 Å². The normalized spacial score (nSPS) is 17.4. The minimum absolute atomic E-state index is 0.782. The largest absolute Gasteiger partial charge is 0.492 e. The quantitative estimate of drug-likeness (QED) is 0.882. The van der Waals surface area contributed by atoms with E-state index in [1.54, 1.807) is 0 Å². The van der Waals surface area contributed by atoms with Crippen molar-refractivity contribution in [2.45, 2.75) is 20.3 Å². The van der Waals surface area contributed by atoms with Gasteiger partial charge in [0.1, 0.15) is 12.4 Å². The Morgan fingerprint density at radius 3 is 3.00 bits per heavy atom. The first-order chi connectivity index (χ1) is 8.75. The molecule has 1 heterocycles. The van der Waals surface area contributed by atoms with E-state index in [1.165, 1.54) is 24.1 Å². The highest BCUT2D eigenvalue weighted by Gasteiger charge is 2.08. The van der Waals surface area contributed by atoms with Crippen LogP contribution >= 0.6 is 0 Å². The summed E-state index contributed by atoms with van der Waals surface area (Å²) in [6.45, 7) is 10.6. The van der Waals surface area contributed by atoms with Crippen molar-refractivity contribution in [3.05, 3.63) is 29.3 Å². The Hall–Kier alpha value is -1.06. The minimum atomic E-state index is 0.782. The van der Waals surface area contributed by atoms with E-state index in [-0.39, 0.29) is 0 Å². The average molecular weight is 248 g/mol. The van der Waals surface area contributed by atoms with Crippen LogP contribution < -0.4 is 10.1 Å². The average Bonchev–Trinajstić information content (AvgIpc) is 2.62. The van der Waals surface area contributed by atoms with Gasteiger partial charge in [0, 0.05) is 19.6 Å². The van der Waals surface area contributed by atoms with Gasteiger partial charge >= 0.3 is 0 Å². The van der Waals surface area contributed by atoms with Crippen LogP contribution in [0.5, 0.6) is 5.75 Å². The van der Waals surface area contributed by atoms with Crippen LogP contribution in [0.1, 0.15) is 17.5 Å². The zero-order valence-electron chi connectivity index (χ0n) is 11.5. The second kappa shape index (κ2) is 6.76. The van der Waals surface area contributed by atoms with Gasteiger partial charge in [-0.15, -0.1) is 0 Å². The van der Waals surface area contributed by atoms with Gasteiger partial charge < -0.3 is 10.1 Å². The third-order valence-corrected chi connectivity index (χ3v) is 3.44. The molecule has 1 aliphatic heterocycles. The number of nitrogens with one attached hydrogen (secondary N) is 1. The van der Waals surface area contributed by atoms with Crippen molar-refractivity contribution in [1.29, 1.82) is 0 Å². The molecule has 0 aliphatic carbocycles. The van der Waals surface area contributed by atoms with Crippen molar-refractivity contribution < 1.29 is 4.74 Å². The number of benzene rings is 1. The summed E-state index contributed by atoms with van der Waals surface area (Å²) in [5, 5.41) is 3.42. The molecule has 1 fully saturated rings. The molecule has 0 aromatic heterocycles. The predicted octanol–water partition coefficient (Wildman–Crippen LogP) is 1.98. The maximum absolute atomic E-state index is 5.90. The first kappa shape index (κ1) is 13.4. The van der Waals surface area contributed by atoms with Gasteiger partial charge in [-0.2, -0.15) is 0 Å². The summed E-state index contributed by atoms with van der Waals surface area (Å²) in [7, 11) is 0. The molecule has 0 radical (unpaired) electrons. The molecule has 0 amide bonds. The Morgan fingerprint density at radius 1 is 1.22 bits per heavy atom. The summed E-state index contributed by atoms with van der Waals surface area (Å²) in [6.07, 6.45) is 1.24. The lowest BCUT2D eigenvalue weighted by molar-refractivity contribution is 0.217. The third-order valence-electron chi connectivity index (χ3n) is 3.44. The monoisotopic (exact) mass is 248 g/mol. The summed E-state index contributed by atoms with van der Waals surface area (Å²) in [5.74, 6) is 1.03. The Kier molecular flexibility index (Phi) is 5.02. The maximum Gasteiger partial charge on any atom is 0.122 e. The number of nitrogens with zero attached hydrogens (tertiary/aromatic N) is 1. The Morgan fingerprint density at radius 2 is 2.11 bits per heavy atom. The second-order valence-corrected chi connectivity index (χ2v) is 5.06. The van der Waals surface area contributed by atoms with Gasteiger partial charge in [-0.25, -0.2) is 0 Å². The zero-order chi connectivity index (χ0) is 12.8. The van der Waals surface area contributed by atoms with Crippen molar-refractivity contribution >= 4 is 0 Å². The van der Waals surface area contributed by atoms with E-state index in [0.717, 1.165) is 38.5 Å². The van der Waals surface area contributed by atoms with Crippen molar-refractivity contribution in [1.82, 2.24) is 10.2 Å². The third kappa shape index (κ3) is 4.00. The fraction of sp³-hybridized carbons (Fsp3) is 0.600. The molecule has 0 unspecified atom stereocenters. The van der Waals surface area contributed by atoms with Crippen LogP contribution in [-0.4, -0.2) is 44.2 Å². The maximum atomic E-state index is 5.90. The summed E-state index contributed by atoms with van der Waals surface area (Å²) < 4.78 is 5.90. The molecule has 0 atom stereocenters. The van der Waals surface area contributed by atoms with E-state index in [9.17, 15) is 0 Å². The van der Waals surface area contributed by atoms with Crippen molar-refractivity contribution in [3.63, 3.8) is 0 Å². The molecule has 0 bridgehead atoms. The lowest BCUT2D eigenvalue weighted by Crippen LogP contribution is -2.31. The number of hydrogen-bond donors (Lipinski definition) is 1. The molecule has 18 heavy (non-hydrogen) atoms. The highest BCUT2D eigenvalue weighted by molar-refractivity contribution is 5.35. The molecule has 2 rings (SSSR count). The lowest BCUT2D eigenvalue weighted by atomic mass is 10.1. The van der Waals surface area contributed by atoms with Gasteiger partial charge in [-0.3, -0.25) is 4.90 Å². The molecule has 1 N–H and O–H groups in total.